The summed E-state index contributed by atoms with van der Waals surface area (Å²) in [4.78, 5) is 18.0. The van der Waals surface area contributed by atoms with E-state index in [1.807, 2.05) is 12.1 Å². The summed E-state index contributed by atoms with van der Waals surface area (Å²) >= 11 is 0. The summed E-state index contributed by atoms with van der Waals surface area (Å²) in [5.74, 6) is 4.74. The molecule has 1 aromatic heterocycles. The zero-order valence-corrected chi connectivity index (χ0v) is 11.1. The van der Waals surface area contributed by atoms with Gasteiger partial charge in [-0.2, -0.15) is 0 Å². The molecule has 0 saturated carbocycles. The molecule has 1 saturated heterocycles. The summed E-state index contributed by atoms with van der Waals surface area (Å²) in [5, 5.41) is 0. The van der Waals surface area contributed by atoms with E-state index >= 15 is 0 Å². The van der Waals surface area contributed by atoms with Crippen molar-refractivity contribution in [3.63, 3.8) is 0 Å². The third kappa shape index (κ3) is 3.73. The topological polar surface area (TPSA) is 80.5 Å². The average Bonchev–Trinajstić information content (AvgIpc) is 2.47. The number of hydrazine groups is 1. The maximum Gasteiger partial charge on any atom is 0.283 e. The highest BCUT2D eigenvalue weighted by Gasteiger charge is 2.19. The van der Waals surface area contributed by atoms with Crippen LogP contribution in [0.1, 0.15) is 29.0 Å². The first-order valence-corrected chi connectivity index (χ1v) is 6.45. The number of rotatable bonds is 4. The van der Waals surface area contributed by atoms with Gasteiger partial charge in [-0.25, -0.2) is 10.8 Å². The van der Waals surface area contributed by atoms with Crippen molar-refractivity contribution in [2.24, 2.45) is 5.84 Å². The molecule has 0 aliphatic carbocycles. The van der Waals surface area contributed by atoms with Crippen LogP contribution in [0.3, 0.4) is 0 Å². The number of nitrogens with one attached hydrogen (secondary N) is 1. The Balaban J connectivity index is 1.99. The van der Waals surface area contributed by atoms with Crippen LogP contribution in [0.2, 0.25) is 0 Å². The monoisotopic (exact) mass is 264 g/mol. The Morgan fingerprint density at radius 1 is 1.53 bits per heavy atom. The molecule has 2 heterocycles. The molecule has 104 valence electrons. The number of nitrogens with zero attached hydrogens (tertiary/aromatic N) is 2. The zero-order valence-electron chi connectivity index (χ0n) is 11.1. The van der Waals surface area contributed by atoms with Crippen LogP contribution in [-0.2, 0) is 11.3 Å². The molecule has 1 aliphatic heterocycles. The van der Waals surface area contributed by atoms with Crippen LogP contribution in [0, 0.1) is 0 Å². The van der Waals surface area contributed by atoms with E-state index in [4.69, 9.17) is 10.6 Å². The first-order valence-electron chi connectivity index (χ1n) is 6.45. The van der Waals surface area contributed by atoms with Gasteiger partial charge in [0.15, 0.2) is 0 Å². The van der Waals surface area contributed by atoms with Crippen molar-refractivity contribution in [2.45, 2.75) is 25.4 Å². The molecular weight excluding hydrogens is 244 g/mol. The van der Waals surface area contributed by atoms with E-state index in [9.17, 15) is 4.79 Å². The third-order valence-electron chi connectivity index (χ3n) is 3.40. The minimum absolute atomic E-state index is 0.348. The molecule has 6 nitrogen and oxygen atoms in total. The molecule has 3 N–H and O–H groups in total. The molecule has 2 rings (SSSR count). The van der Waals surface area contributed by atoms with Crippen LogP contribution in [0.4, 0.5) is 0 Å². The zero-order chi connectivity index (χ0) is 13.7. The number of hydrogen-bond donors (Lipinski definition) is 2. The van der Waals surface area contributed by atoms with E-state index in [1.165, 1.54) is 0 Å². The second kappa shape index (κ2) is 6.60. The Kier molecular flexibility index (Phi) is 4.84. The summed E-state index contributed by atoms with van der Waals surface area (Å²) in [6.45, 7) is 2.35. The highest BCUT2D eigenvalue weighted by Crippen LogP contribution is 2.15. The van der Waals surface area contributed by atoms with Gasteiger partial charge in [0.1, 0.15) is 5.69 Å². The molecule has 0 atom stereocenters. The molecular formula is C13H20N4O2. The van der Waals surface area contributed by atoms with Gasteiger partial charge >= 0.3 is 0 Å². The minimum Gasteiger partial charge on any atom is -0.381 e. The van der Waals surface area contributed by atoms with E-state index in [-0.39, 0.29) is 5.91 Å². The molecule has 1 aliphatic rings. The molecule has 0 radical (unpaired) electrons. The third-order valence-corrected chi connectivity index (χ3v) is 3.40. The second-order valence-electron chi connectivity index (χ2n) is 4.75. The number of ether oxygens (including phenoxy) is 1. The van der Waals surface area contributed by atoms with E-state index < -0.39 is 0 Å². The van der Waals surface area contributed by atoms with Crippen molar-refractivity contribution < 1.29 is 9.53 Å². The van der Waals surface area contributed by atoms with Crippen molar-refractivity contribution in [1.82, 2.24) is 15.3 Å². The normalized spacial score (nSPS) is 16.6. The number of carbonyl (C=O) groups is 1. The van der Waals surface area contributed by atoms with E-state index in [1.54, 1.807) is 6.07 Å². The molecule has 6 heteroatoms. The lowest BCUT2D eigenvalue weighted by Gasteiger charge is -2.30. The molecule has 0 bridgehead atoms. The van der Waals surface area contributed by atoms with E-state index in [2.05, 4.69) is 22.4 Å². The lowest BCUT2D eigenvalue weighted by atomic mass is 10.1. The van der Waals surface area contributed by atoms with Gasteiger partial charge in [-0.3, -0.25) is 15.1 Å². The van der Waals surface area contributed by atoms with Gasteiger partial charge in [-0.05, 0) is 32.0 Å². The Labute approximate surface area is 112 Å². The molecule has 0 unspecified atom stereocenters. The predicted octanol–water partition coefficient (Wildman–Crippen LogP) is 0.296. The van der Waals surface area contributed by atoms with Gasteiger partial charge in [0.05, 0.1) is 5.69 Å². The molecule has 1 aromatic rings. The van der Waals surface area contributed by atoms with Gasteiger partial charge in [0, 0.05) is 25.8 Å². The average molecular weight is 264 g/mol. The maximum atomic E-state index is 11.4. The minimum atomic E-state index is -0.365. The van der Waals surface area contributed by atoms with Crippen LogP contribution in [0.25, 0.3) is 0 Å². The van der Waals surface area contributed by atoms with Gasteiger partial charge in [0.25, 0.3) is 5.91 Å². The van der Waals surface area contributed by atoms with Crippen molar-refractivity contribution in [3.05, 3.63) is 29.6 Å². The largest absolute Gasteiger partial charge is 0.381 e. The van der Waals surface area contributed by atoms with E-state index in [0.717, 1.165) is 38.3 Å². The number of hydrogen-bond acceptors (Lipinski definition) is 5. The Hall–Kier alpha value is -1.50. The quantitative estimate of drug-likeness (QED) is 0.464. The maximum absolute atomic E-state index is 11.4. The van der Waals surface area contributed by atoms with Gasteiger partial charge in [-0.15, -0.1) is 0 Å². The molecule has 19 heavy (non-hydrogen) atoms. The van der Waals surface area contributed by atoms with Crippen molar-refractivity contribution >= 4 is 5.91 Å². The number of nitrogens with two attached hydrogens (primary N) is 1. The molecule has 0 aromatic carbocycles. The van der Waals surface area contributed by atoms with Crippen LogP contribution in [0.15, 0.2) is 18.2 Å². The van der Waals surface area contributed by atoms with Gasteiger partial charge in [0.2, 0.25) is 0 Å². The molecule has 1 fully saturated rings. The SMILES string of the molecule is CN(Cc1cccc(C(=O)NN)n1)C1CCOCC1. The van der Waals surface area contributed by atoms with Gasteiger partial charge < -0.3 is 4.74 Å². The standard InChI is InChI=1S/C13H20N4O2/c1-17(11-5-7-19-8-6-11)9-10-3-2-4-12(15-10)13(18)16-14/h2-4,11H,5-9,14H2,1H3,(H,16,18). The molecule has 0 spiro atoms. The summed E-state index contributed by atoms with van der Waals surface area (Å²) in [5.41, 5.74) is 3.31. The fourth-order valence-electron chi connectivity index (χ4n) is 2.28. The summed E-state index contributed by atoms with van der Waals surface area (Å²) in [6.07, 6.45) is 2.08. The van der Waals surface area contributed by atoms with Crippen LogP contribution in [0.5, 0.6) is 0 Å². The predicted molar refractivity (Wildman–Crippen MR) is 71.2 cm³/mol. The molecule has 1 amide bonds. The van der Waals surface area contributed by atoms with E-state index in [0.29, 0.717) is 11.7 Å². The van der Waals surface area contributed by atoms with Crippen molar-refractivity contribution in [1.29, 1.82) is 0 Å². The lowest BCUT2D eigenvalue weighted by molar-refractivity contribution is 0.0403. The van der Waals surface area contributed by atoms with Crippen LogP contribution in [-0.4, -0.2) is 42.1 Å². The first kappa shape index (κ1) is 13.9. The summed E-state index contributed by atoms with van der Waals surface area (Å²) in [6, 6.07) is 5.91. The number of amides is 1. The highest BCUT2D eigenvalue weighted by molar-refractivity contribution is 5.91. The van der Waals surface area contributed by atoms with Gasteiger partial charge in [-0.1, -0.05) is 6.07 Å². The highest BCUT2D eigenvalue weighted by atomic mass is 16.5. The summed E-state index contributed by atoms with van der Waals surface area (Å²) in [7, 11) is 2.08. The van der Waals surface area contributed by atoms with Crippen molar-refractivity contribution in [3.8, 4) is 0 Å². The second-order valence-corrected chi connectivity index (χ2v) is 4.75. The Bertz CT molecular complexity index is 432. The number of carbonyl (C=O) groups excluding carboxylic acids is 1. The number of pyridine rings is 1. The number of aromatic nitrogens is 1. The first-order chi connectivity index (χ1) is 9.20. The summed E-state index contributed by atoms with van der Waals surface area (Å²) < 4.78 is 5.36. The lowest BCUT2D eigenvalue weighted by Crippen LogP contribution is -2.36. The fraction of sp³-hybridized carbons (Fsp3) is 0.538. The van der Waals surface area contributed by atoms with Crippen LogP contribution < -0.4 is 11.3 Å². The smallest absolute Gasteiger partial charge is 0.283 e. The Morgan fingerprint density at radius 2 is 2.26 bits per heavy atom. The fourth-order valence-corrected chi connectivity index (χ4v) is 2.28. The van der Waals surface area contributed by atoms with Crippen molar-refractivity contribution in [2.75, 3.05) is 20.3 Å². The van der Waals surface area contributed by atoms with Crippen LogP contribution >= 0.6 is 0 Å². The number of nitrogen functional groups attached to an aromatic ring is 1. The Morgan fingerprint density at radius 3 is 2.95 bits per heavy atom.